The minimum Gasteiger partial charge on any atom is -0.336 e. The molecule has 24 heavy (non-hydrogen) atoms. The van der Waals surface area contributed by atoms with Crippen LogP contribution in [0.5, 0.6) is 0 Å². The SMILES string of the molecule is CC1NCCN(C(=O)Cn2nc(-c3ccccc3)ccc2=O)C1C. The van der Waals surface area contributed by atoms with Gasteiger partial charge in [0.05, 0.1) is 5.69 Å². The van der Waals surface area contributed by atoms with E-state index in [0.29, 0.717) is 12.2 Å². The van der Waals surface area contributed by atoms with E-state index in [9.17, 15) is 9.59 Å². The maximum Gasteiger partial charge on any atom is 0.267 e. The van der Waals surface area contributed by atoms with Crippen LogP contribution in [0.3, 0.4) is 0 Å². The Hall–Kier alpha value is -2.47. The van der Waals surface area contributed by atoms with Gasteiger partial charge in [0, 0.05) is 36.8 Å². The molecular weight excluding hydrogens is 304 g/mol. The molecule has 1 fully saturated rings. The van der Waals surface area contributed by atoms with Crippen LogP contribution >= 0.6 is 0 Å². The minimum absolute atomic E-state index is 0.0312. The standard InChI is InChI=1S/C18H22N4O2/c1-13-14(2)21(11-10-19-13)18(24)12-22-17(23)9-8-16(20-22)15-6-4-3-5-7-15/h3-9,13-14,19H,10-12H2,1-2H3. The molecule has 1 amide bonds. The van der Waals surface area contributed by atoms with Crippen LogP contribution in [0.2, 0.25) is 0 Å². The molecule has 0 aliphatic carbocycles. The Bertz CT molecular complexity index is 772. The number of nitrogens with zero attached hydrogens (tertiary/aromatic N) is 3. The van der Waals surface area contributed by atoms with Gasteiger partial charge in [0.1, 0.15) is 6.54 Å². The smallest absolute Gasteiger partial charge is 0.267 e. The van der Waals surface area contributed by atoms with Gasteiger partial charge in [-0.3, -0.25) is 9.59 Å². The van der Waals surface area contributed by atoms with E-state index < -0.39 is 0 Å². The van der Waals surface area contributed by atoms with Crippen LogP contribution in [0.15, 0.2) is 47.3 Å². The van der Waals surface area contributed by atoms with Crippen LogP contribution in [-0.2, 0) is 11.3 Å². The summed E-state index contributed by atoms with van der Waals surface area (Å²) in [4.78, 5) is 26.5. The Balaban J connectivity index is 1.82. The van der Waals surface area contributed by atoms with Gasteiger partial charge < -0.3 is 10.2 Å². The molecular formula is C18H22N4O2. The third-order valence-corrected chi connectivity index (χ3v) is 4.58. The molecule has 6 nitrogen and oxygen atoms in total. The largest absolute Gasteiger partial charge is 0.336 e. The second-order valence-corrected chi connectivity index (χ2v) is 6.15. The molecule has 1 saturated heterocycles. The summed E-state index contributed by atoms with van der Waals surface area (Å²) in [5.74, 6) is -0.0735. The number of hydrogen-bond donors (Lipinski definition) is 1. The molecule has 1 aromatic carbocycles. The van der Waals surface area contributed by atoms with Crippen molar-refractivity contribution in [1.82, 2.24) is 20.0 Å². The highest BCUT2D eigenvalue weighted by Crippen LogP contribution is 2.14. The van der Waals surface area contributed by atoms with Crippen molar-refractivity contribution in [2.45, 2.75) is 32.5 Å². The van der Waals surface area contributed by atoms with Crippen molar-refractivity contribution in [2.24, 2.45) is 0 Å². The van der Waals surface area contributed by atoms with Crippen LogP contribution < -0.4 is 10.9 Å². The highest BCUT2D eigenvalue weighted by molar-refractivity contribution is 5.76. The van der Waals surface area contributed by atoms with Crippen molar-refractivity contribution < 1.29 is 4.79 Å². The zero-order valence-corrected chi connectivity index (χ0v) is 14.0. The van der Waals surface area contributed by atoms with E-state index in [1.54, 1.807) is 6.07 Å². The minimum atomic E-state index is -0.265. The fraction of sp³-hybridized carbons (Fsp3) is 0.389. The molecule has 0 spiro atoms. The molecule has 1 aromatic heterocycles. The predicted molar refractivity (Wildman–Crippen MR) is 92.6 cm³/mol. The second kappa shape index (κ2) is 6.97. The first kappa shape index (κ1) is 16.4. The van der Waals surface area contributed by atoms with Crippen molar-refractivity contribution in [3.8, 4) is 11.3 Å². The zero-order valence-electron chi connectivity index (χ0n) is 14.0. The molecule has 0 radical (unpaired) electrons. The molecule has 2 unspecified atom stereocenters. The lowest BCUT2D eigenvalue weighted by Gasteiger charge is -2.38. The van der Waals surface area contributed by atoms with E-state index >= 15 is 0 Å². The summed E-state index contributed by atoms with van der Waals surface area (Å²) in [5, 5.41) is 7.71. The monoisotopic (exact) mass is 326 g/mol. The van der Waals surface area contributed by atoms with Crippen molar-refractivity contribution in [1.29, 1.82) is 0 Å². The second-order valence-electron chi connectivity index (χ2n) is 6.15. The number of carbonyl (C=O) groups is 1. The lowest BCUT2D eigenvalue weighted by Crippen LogP contribution is -2.58. The maximum absolute atomic E-state index is 12.6. The molecule has 0 saturated carbocycles. The van der Waals surface area contributed by atoms with Crippen LogP contribution in [0.25, 0.3) is 11.3 Å². The number of nitrogens with one attached hydrogen (secondary N) is 1. The average molecular weight is 326 g/mol. The van der Waals surface area contributed by atoms with Crippen LogP contribution in [0.1, 0.15) is 13.8 Å². The molecule has 2 atom stereocenters. The Kier molecular flexibility index (Phi) is 4.76. The van der Waals surface area contributed by atoms with E-state index in [0.717, 1.165) is 12.1 Å². The fourth-order valence-electron chi connectivity index (χ4n) is 2.95. The number of benzene rings is 1. The van der Waals surface area contributed by atoms with Crippen molar-refractivity contribution in [2.75, 3.05) is 13.1 Å². The van der Waals surface area contributed by atoms with Gasteiger partial charge >= 0.3 is 0 Å². The van der Waals surface area contributed by atoms with Gasteiger partial charge in [-0.2, -0.15) is 5.10 Å². The lowest BCUT2D eigenvalue weighted by molar-refractivity contribution is -0.135. The summed E-state index contributed by atoms with van der Waals surface area (Å²) in [6.07, 6.45) is 0. The first-order valence-electron chi connectivity index (χ1n) is 8.22. The van der Waals surface area contributed by atoms with Crippen LogP contribution in [0.4, 0.5) is 0 Å². The summed E-state index contributed by atoms with van der Waals surface area (Å²) >= 11 is 0. The van der Waals surface area contributed by atoms with E-state index in [4.69, 9.17) is 0 Å². The molecule has 0 bridgehead atoms. The summed E-state index contributed by atoms with van der Waals surface area (Å²) in [5.41, 5.74) is 1.34. The summed E-state index contributed by atoms with van der Waals surface area (Å²) in [6.45, 7) is 5.47. The lowest BCUT2D eigenvalue weighted by atomic mass is 10.1. The van der Waals surface area contributed by atoms with Gasteiger partial charge in [-0.15, -0.1) is 0 Å². The number of amides is 1. The van der Waals surface area contributed by atoms with Crippen molar-refractivity contribution in [3.05, 3.63) is 52.8 Å². The third kappa shape index (κ3) is 3.38. The first-order chi connectivity index (χ1) is 11.6. The zero-order chi connectivity index (χ0) is 17.1. The molecule has 1 aliphatic heterocycles. The third-order valence-electron chi connectivity index (χ3n) is 4.58. The molecule has 6 heteroatoms. The van der Waals surface area contributed by atoms with E-state index in [-0.39, 0.29) is 30.1 Å². The molecule has 126 valence electrons. The highest BCUT2D eigenvalue weighted by Gasteiger charge is 2.28. The Labute approximate surface area is 141 Å². The normalized spacial score (nSPS) is 20.8. The molecule has 3 rings (SSSR count). The first-order valence-corrected chi connectivity index (χ1v) is 8.22. The topological polar surface area (TPSA) is 67.2 Å². The Morgan fingerprint density at radius 3 is 2.71 bits per heavy atom. The number of piperazine rings is 1. The van der Waals surface area contributed by atoms with Gasteiger partial charge in [0.2, 0.25) is 5.91 Å². The number of rotatable bonds is 3. The molecule has 1 aliphatic rings. The Morgan fingerprint density at radius 2 is 1.96 bits per heavy atom. The number of hydrogen-bond acceptors (Lipinski definition) is 4. The summed E-state index contributed by atoms with van der Waals surface area (Å²) < 4.78 is 1.25. The average Bonchev–Trinajstić information content (AvgIpc) is 2.60. The van der Waals surface area contributed by atoms with Gasteiger partial charge in [0.25, 0.3) is 5.56 Å². The summed E-state index contributed by atoms with van der Waals surface area (Å²) in [7, 11) is 0. The molecule has 2 aromatic rings. The van der Waals surface area contributed by atoms with E-state index in [2.05, 4.69) is 17.3 Å². The molecule has 2 heterocycles. The van der Waals surface area contributed by atoms with Crippen LogP contribution in [-0.4, -0.2) is 45.8 Å². The van der Waals surface area contributed by atoms with Crippen molar-refractivity contribution in [3.63, 3.8) is 0 Å². The Morgan fingerprint density at radius 1 is 1.21 bits per heavy atom. The fourth-order valence-corrected chi connectivity index (χ4v) is 2.95. The quantitative estimate of drug-likeness (QED) is 0.918. The van der Waals surface area contributed by atoms with Gasteiger partial charge in [-0.1, -0.05) is 30.3 Å². The van der Waals surface area contributed by atoms with Gasteiger partial charge in [-0.25, -0.2) is 4.68 Å². The number of aromatic nitrogens is 2. The van der Waals surface area contributed by atoms with Crippen molar-refractivity contribution >= 4 is 5.91 Å². The van der Waals surface area contributed by atoms with Gasteiger partial charge in [-0.05, 0) is 19.9 Å². The summed E-state index contributed by atoms with van der Waals surface area (Å²) in [6, 6.07) is 13.1. The van der Waals surface area contributed by atoms with E-state index in [1.165, 1.54) is 10.7 Å². The van der Waals surface area contributed by atoms with E-state index in [1.807, 2.05) is 42.2 Å². The van der Waals surface area contributed by atoms with Crippen LogP contribution in [0, 0.1) is 0 Å². The highest BCUT2D eigenvalue weighted by atomic mass is 16.2. The maximum atomic E-state index is 12.6. The predicted octanol–water partition coefficient (Wildman–Crippen LogP) is 1.12. The number of carbonyl (C=O) groups excluding carboxylic acids is 1. The molecule has 1 N–H and O–H groups in total. The van der Waals surface area contributed by atoms with Gasteiger partial charge in [0.15, 0.2) is 0 Å².